The highest BCUT2D eigenvalue weighted by atomic mass is 16.6. The first-order chi connectivity index (χ1) is 15.9. The zero-order valence-electron chi connectivity index (χ0n) is 17.1. The molecule has 0 aliphatic carbocycles. The number of nitro groups is 1. The number of barbiturate groups is 1. The zero-order chi connectivity index (χ0) is 23.4. The van der Waals surface area contributed by atoms with E-state index in [2.05, 4.69) is 5.32 Å². The van der Waals surface area contributed by atoms with Gasteiger partial charge in [-0.3, -0.25) is 29.9 Å². The van der Waals surface area contributed by atoms with E-state index in [0.717, 1.165) is 4.90 Å². The summed E-state index contributed by atoms with van der Waals surface area (Å²) in [6, 6.07) is 15.1. The van der Waals surface area contributed by atoms with E-state index >= 15 is 0 Å². The minimum absolute atomic E-state index is 0.0329. The van der Waals surface area contributed by atoms with Crippen molar-refractivity contribution in [2.75, 3.05) is 0 Å². The number of nitrogens with zero attached hydrogens (tertiary/aromatic N) is 2. The molecule has 2 aromatic carbocycles. The van der Waals surface area contributed by atoms with Crippen LogP contribution in [0.1, 0.15) is 16.9 Å². The van der Waals surface area contributed by atoms with Crippen LogP contribution >= 0.6 is 0 Å². The highest BCUT2D eigenvalue weighted by Gasteiger charge is 2.36. The van der Waals surface area contributed by atoms with E-state index < -0.39 is 22.8 Å². The van der Waals surface area contributed by atoms with Crippen molar-refractivity contribution in [3.05, 3.63) is 99.5 Å². The summed E-state index contributed by atoms with van der Waals surface area (Å²) in [5.41, 5.74) is 0.701. The fourth-order valence-corrected chi connectivity index (χ4v) is 3.20. The number of ether oxygens (including phenoxy) is 1. The van der Waals surface area contributed by atoms with E-state index in [1.165, 1.54) is 24.5 Å². The zero-order valence-corrected chi connectivity index (χ0v) is 17.1. The largest absolute Gasteiger partial charge is 0.488 e. The van der Waals surface area contributed by atoms with Gasteiger partial charge in [0.1, 0.15) is 23.7 Å². The van der Waals surface area contributed by atoms with Gasteiger partial charge in [-0.1, -0.05) is 30.3 Å². The monoisotopic (exact) mass is 447 g/mol. The van der Waals surface area contributed by atoms with Gasteiger partial charge in [0.25, 0.3) is 17.5 Å². The number of amides is 4. The van der Waals surface area contributed by atoms with Crippen LogP contribution in [0.5, 0.6) is 5.75 Å². The number of hydrogen-bond acceptors (Lipinski definition) is 7. The van der Waals surface area contributed by atoms with Crippen LogP contribution in [0.4, 0.5) is 10.5 Å². The second-order valence-corrected chi connectivity index (χ2v) is 7.04. The van der Waals surface area contributed by atoms with Crippen LogP contribution in [0.2, 0.25) is 0 Å². The number of imide groups is 2. The molecular formula is C23H17N3O7. The van der Waals surface area contributed by atoms with Crippen LogP contribution in [0, 0.1) is 10.1 Å². The molecule has 166 valence electrons. The molecule has 0 unspecified atom stereocenters. The van der Waals surface area contributed by atoms with Gasteiger partial charge in [0.2, 0.25) is 0 Å². The molecule has 0 bridgehead atoms. The molecule has 3 aromatic rings. The lowest BCUT2D eigenvalue weighted by Crippen LogP contribution is -2.53. The summed E-state index contributed by atoms with van der Waals surface area (Å²) in [6.07, 6.45) is 2.75. The Morgan fingerprint density at radius 3 is 2.64 bits per heavy atom. The topological polar surface area (TPSA) is 132 Å². The molecule has 33 heavy (non-hydrogen) atoms. The predicted molar refractivity (Wildman–Crippen MR) is 115 cm³/mol. The Morgan fingerprint density at radius 2 is 1.88 bits per heavy atom. The maximum absolute atomic E-state index is 12.9. The Bertz CT molecular complexity index is 1260. The van der Waals surface area contributed by atoms with Gasteiger partial charge in [-0.05, 0) is 29.8 Å². The standard InChI is InChI=1S/C23H17N3O7/c27-21-19(22(28)25(23(29)24-21)13-18-8-4-10-32-18)12-16-6-1-2-9-20(16)33-14-15-5-3-7-17(11-15)26(30)31/h1-12H,13-14H2,(H,24,27,29)/b19-12+. The van der Waals surface area contributed by atoms with Gasteiger partial charge in [-0.15, -0.1) is 0 Å². The summed E-state index contributed by atoms with van der Waals surface area (Å²) in [4.78, 5) is 48.8. The van der Waals surface area contributed by atoms with E-state index in [4.69, 9.17) is 9.15 Å². The average molecular weight is 447 g/mol. The first-order valence-electron chi connectivity index (χ1n) is 9.79. The summed E-state index contributed by atoms with van der Waals surface area (Å²) in [5.74, 6) is -0.859. The molecule has 10 heteroatoms. The third-order valence-electron chi connectivity index (χ3n) is 4.81. The van der Waals surface area contributed by atoms with Gasteiger partial charge >= 0.3 is 6.03 Å². The summed E-state index contributed by atoms with van der Waals surface area (Å²) < 4.78 is 11.0. The maximum Gasteiger partial charge on any atom is 0.331 e. The highest BCUT2D eigenvalue weighted by molar-refractivity contribution is 6.31. The van der Waals surface area contributed by atoms with Crippen molar-refractivity contribution in [1.82, 2.24) is 10.2 Å². The number of nitrogens with one attached hydrogen (secondary N) is 1. The second-order valence-electron chi connectivity index (χ2n) is 7.04. The van der Waals surface area contributed by atoms with Crippen molar-refractivity contribution in [2.24, 2.45) is 0 Å². The molecule has 0 atom stereocenters. The molecule has 1 saturated heterocycles. The van der Waals surface area contributed by atoms with Crippen LogP contribution < -0.4 is 10.1 Å². The molecule has 1 aromatic heterocycles. The van der Waals surface area contributed by atoms with Crippen LogP contribution in [0.3, 0.4) is 0 Å². The van der Waals surface area contributed by atoms with Gasteiger partial charge in [-0.25, -0.2) is 4.79 Å². The van der Waals surface area contributed by atoms with Gasteiger partial charge in [0.05, 0.1) is 17.7 Å². The smallest absolute Gasteiger partial charge is 0.331 e. The van der Waals surface area contributed by atoms with E-state index in [9.17, 15) is 24.5 Å². The molecule has 1 fully saturated rings. The van der Waals surface area contributed by atoms with Crippen molar-refractivity contribution in [3.63, 3.8) is 0 Å². The van der Waals surface area contributed by atoms with Gasteiger partial charge in [0.15, 0.2) is 0 Å². The number of hydrogen-bond donors (Lipinski definition) is 1. The summed E-state index contributed by atoms with van der Waals surface area (Å²) in [7, 11) is 0. The molecule has 4 rings (SSSR count). The van der Waals surface area contributed by atoms with Gasteiger partial charge in [0, 0.05) is 17.7 Å². The number of carbonyl (C=O) groups is 3. The lowest BCUT2D eigenvalue weighted by atomic mass is 10.1. The number of para-hydroxylation sites is 1. The third-order valence-corrected chi connectivity index (χ3v) is 4.81. The minimum Gasteiger partial charge on any atom is -0.488 e. The maximum atomic E-state index is 12.9. The van der Waals surface area contributed by atoms with Crippen LogP contribution in [-0.4, -0.2) is 27.7 Å². The Morgan fingerprint density at radius 1 is 1.06 bits per heavy atom. The van der Waals surface area contributed by atoms with E-state index in [1.807, 2.05) is 0 Å². The molecule has 4 amide bonds. The number of rotatable bonds is 7. The molecule has 0 saturated carbocycles. The van der Waals surface area contributed by atoms with E-state index in [1.54, 1.807) is 48.5 Å². The molecule has 0 radical (unpaired) electrons. The van der Waals surface area contributed by atoms with Crippen molar-refractivity contribution in [1.29, 1.82) is 0 Å². The molecule has 10 nitrogen and oxygen atoms in total. The summed E-state index contributed by atoms with van der Waals surface area (Å²) in [5, 5.41) is 13.1. The van der Waals surface area contributed by atoms with Gasteiger partial charge in [-0.2, -0.15) is 0 Å². The Kier molecular flexibility index (Phi) is 5.98. The van der Waals surface area contributed by atoms with Crippen molar-refractivity contribution >= 4 is 29.6 Å². The number of furan rings is 1. The molecule has 1 aliphatic rings. The van der Waals surface area contributed by atoms with Crippen LogP contribution in [0.25, 0.3) is 6.08 Å². The summed E-state index contributed by atoms with van der Waals surface area (Å²) in [6.45, 7) is -0.0989. The fraction of sp³-hybridized carbons (Fsp3) is 0.0870. The molecule has 2 heterocycles. The minimum atomic E-state index is -0.839. The number of benzene rings is 2. The number of nitro benzene ring substituents is 1. The summed E-state index contributed by atoms with van der Waals surface area (Å²) >= 11 is 0. The van der Waals surface area contributed by atoms with Crippen LogP contribution in [-0.2, 0) is 22.7 Å². The second kappa shape index (κ2) is 9.18. The van der Waals surface area contributed by atoms with Crippen molar-refractivity contribution in [2.45, 2.75) is 13.2 Å². The van der Waals surface area contributed by atoms with Crippen molar-refractivity contribution in [3.8, 4) is 5.75 Å². The van der Waals surface area contributed by atoms with Crippen LogP contribution in [0.15, 0.2) is 76.9 Å². The lowest BCUT2D eigenvalue weighted by molar-refractivity contribution is -0.384. The normalized spacial score (nSPS) is 15.0. The van der Waals surface area contributed by atoms with E-state index in [-0.39, 0.29) is 24.4 Å². The van der Waals surface area contributed by atoms with Crippen molar-refractivity contribution < 1.29 is 28.5 Å². The fourth-order valence-electron chi connectivity index (χ4n) is 3.20. The predicted octanol–water partition coefficient (Wildman–Crippen LogP) is 3.43. The number of non-ortho nitro benzene ring substituents is 1. The SMILES string of the molecule is O=C1NC(=O)N(Cc2ccco2)C(=O)/C1=C/c1ccccc1OCc1cccc([N+](=O)[O-])c1. The van der Waals surface area contributed by atoms with E-state index in [0.29, 0.717) is 22.6 Å². The van der Waals surface area contributed by atoms with Gasteiger partial charge < -0.3 is 9.15 Å². The third kappa shape index (κ3) is 4.79. The molecule has 1 N–H and O–H groups in total. The lowest BCUT2D eigenvalue weighted by Gasteiger charge is -2.25. The first kappa shape index (κ1) is 21.5. The number of carbonyl (C=O) groups excluding carboxylic acids is 3. The average Bonchev–Trinajstić information content (AvgIpc) is 3.32. The Labute approximate surface area is 187 Å². The Hall–Kier alpha value is -4.73. The number of urea groups is 1. The highest BCUT2D eigenvalue weighted by Crippen LogP contribution is 2.25. The molecular weight excluding hydrogens is 430 g/mol. The Balaban J connectivity index is 1.57. The molecule has 1 aliphatic heterocycles. The first-order valence-corrected chi connectivity index (χ1v) is 9.79. The molecule has 0 spiro atoms. The quantitative estimate of drug-likeness (QED) is 0.254.